The summed E-state index contributed by atoms with van der Waals surface area (Å²) in [6.45, 7) is 1.96. The molecule has 0 unspecified atom stereocenters. The third kappa shape index (κ3) is 4.90. The summed E-state index contributed by atoms with van der Waals surface area (Å²) in [5.41, 5.74) is -0.280. The second-order valence-corrected chi connectivity index (χ2v) is 6.92. The largest absolute Gasteiger partial charge is 0.483 e. The molecule has 1 saturated heterocycles. The fraction of sp³-hybridized carbons (Fsp3) is 0.333. The SMILES string of the molecule is Cc1ccc(C(=O)N2CCN(C(=O)COc3ccccc3C(F)(F)F)CC2)cc1F. The topological polar surface area (TPSA) is 49.9 Å². The van der Waals surface area contributed by atoms with Crippen molar-refractivity contribution in [3.05, 3.63) is 65.0 Å². The molecule has 5 nitrogen and oxygen atoms in total. The summed E-state index contributed by atoms with van der Waals surface area (Å²) >= 11 is 0. The van der Waals surface area contributed by atoms with E-state index in [-0.39, 0.29) is 37.6 Å². The molecule has 0 atom stereocenters. The third-order valence-electron chi connectivity index (χ3n) is 4.88. The van der Waals surface area contributed by atoms with Gasteiger partial charge in [0.1, 0.15) is 11.6 Å². The first kappa shape index (κ1) is 21.6. The number of hydrogen-bond donors (Lipinski definition) is 0. The van der Waals surface area contributed by atoms with Crippen LogP contribution >= 0.6 is 0 Å². The Balaban J connectivity index is 1.55. The molecule has 3 rings (SSSR count). The molecule has 2 aromatic rings. The first-order valence-corrected chi connectivity index (χ1v) is 9.29. The molecule has 0 bridgehead atoms. The maximum Gasteiger partial charge on any atom is 0.419 e. The van der Waals surface area contributed by atoms with Gasteiger partial charge in [-0.3, -0.25) is 9.59 Å². The predicted molar refractivity (Wildman–Crippen MR) is 101 cm³/mol. The summed E-state index contributed by atoms with van der Waals surface area (Å²) in [5, 5.41) is 0. The van der Waals surface area contributed by atoms with Gasteiger partial charge in [0.15, 0.2) is 6.61 Å². The van der Waals surface area contributed by atoms with E-state index in [0.29, 0.717) is 5.56 Å². The number of benzene rings is 2. The molecule has 1 fully saturated rings. The predicted octanol–water partition coefficient (Wildman–Crippen LogP) is 3.52. The standard InChI is InChI=1S/C21H20F4N2O3/c1-14-6-7-15(12-17(14)22)20(29)27-10-8-26(9-11-27)19(28)13-30-18-5-3-2-4-16(18)21(23,24)25/h2-7,12H,8-11,13H2,1H3. The molecule has 0 saturated carbocycles. The number of nitrogens with zero attached hydrogens (tertiary/aromatic N) is 2. The second-order valence-electron chi connectivity index (χ2n) is 6.92. The van der Waals surface area contributed by atoms with E-state index in [4.69, 9.17) is 4.74 Å². The van der Waals surface area contributed by atoms with Crippen molar-refractivity contribution in [1.29, 1.82) is 0 Å². The summed E-state index contributed by atoms with van der Waals surface area (Å²) in [6.07, 6.45) is -4.58. The number of amides is 2. The zero-order chi connectivity index (χ0) is 21.9. The van der Waals surface area contributed by atoms with Crippen LogP contribution in [0.15, 0.2) is 42.5 Å². The van der Waals surface area contributed by atoms with E-state index in [1.807, 2.05) is 0 Å². The van der Waals surface area contributed by atoms with Crippen LogP contribution in [0.2, 0.25) is 0 Å². The number of rotatable bonds is 4. The quantitative estimate of drug-likeness (QED) is 0.706. The zero-order valence-corrected chi connectivity index (χ0v) is 16.2. The van der Waals surface area contributed by atoms with Crippen LogP contribution in [-0.4, -0.2) is 54.4 Å². The fourth-order valence-electron chi connectivity index (χ4n) is 3.12. The molecule has 0 spiro atoms. The Bertz CT molecular complexity index is 938. The highest BCUT2D eigenvalue weighted by Crippen LogP contribution is 2.35. The molecule has 0 aliphatic carbocycles. The Labute approximate surface area is 170 Å². The molecule has 160 valence electrons. The van der Waals surface area contributed by atoms with Crippen LogP contribution < -0.4 is 4.74 Å². The number of aryl methyl sites for hydroxylation is 1. The molecular formula is C21H20F4N2O3. The minimum atomic E-state index is -4.58. The van der Waals surface area contributed by atoms with Crippen molar-refractivity contribution >= 4 is 11.8 Å². The molecule has 2 amide bonds. The second kappa shape index (κ2) is 8.73. The van der Waals surface area contributed by atoms with Crippen LogP contribution in [0.4, 0.5) is 17.6 Å². The molecule has 2 aromatic carbocycles. The van der Waals surface area contributed by atoms with Crippen molar-refractivity contribution in [2.75, 3.05) is 32.8 Å². The van der Waals surface area contributed by atoms with Crippen LogP contribution in [0.25, 0.3) is 0 Å². The van der Waals surface area contributed by atoms with Crippen LogP contribution in [-0.2, 0) is 11.0 Å². The van der Waals surface area contributed by atoms with E-state index in [9.17, 15) is 27.2 Å². The number of carbonyl (C=O) groups excluding carboxylic acids is 2. The van der Waals surface area contributed by atoms with E-state index in [1.165, 1.54) is 34.1 Å². The van der Waals surface area contributed by atoms with Gasteiger partial charge in [-0.25, -0.2) is 4.39 Å². The number of alkyl halides is 3. The Morgan fingerprint density at radius 2 is 1.63 bits per heavy atom. The highest BCUT2D eigenvalue weighted by molar-refractivity contribution is 5.94. The lowest BCUT2D eigenvalue weighted by Crippen LogP contribution is -2.51. The van der Waals surface area contributed by atoms with Gasteiger partial charge in [-0.15, -0.1) is 0 Å². The number of ether oxygens (including phenoxy) is 1. The fourth-order valence-corrected chi connectivity index (χ4v) is 3.12. The van der Waals surface area contributed by atoms with Crippen LogP contribution in [0, 0.1) is 12.7 Å². The van der Waals surface area contributed by atoms with Crippen molar-refractivity contribution in [2.24, 2.45) is 0 Å². The Morgan fingerprint density at radius 1 is 1.00 bits per heavy atom. The number of halogens is 4. The van der Waals surface area contributed by atoms with Gasteiger partial charge in [0.05, 0.1) is 5.56 Å². The number of carbonyl (C=O) groups is 2. The van der Waals surface area contributed by atoms with E-state index >= 15 is 0 Å². The van der Waals surface area contributed by atoms with Crippen molar-refractivity contribution in [3.8, 4) is 5.75 Å². The van der Waals surface area contributed by atoms with Gasteiger partial charge in [-0.1, -0.05) is 18.2 Å². The first-order chi connectivity index (χ1) is 14.2. The molecule has 0 radical (unpaired) electrons. The van der Waals surface area contributed by atoms with Crippen molar-refractivity contribution in [1.82, 2.24) is 9.80 Å². The molecule has 9 heteroatoms. The number of hydrogen-bond acceptors (Lipinski definition) is 3. The van der Waals surface area contributed by atoms with E-state index in [2.05, 4.69) is 0 Å². The van der Waals surface area contributed by atoms with Crippen LogP contribution in [0.3, 0.4) is 0 Å². The summed E-state index contributed by atoms with van der Waals surface area (Å²) in [5.74, 6) is -1.68. The van der Waals surface area contributed by atoms with Crippen LogP contribution in [0.5, 0.6) is 5.75 Å². The van der Waals surface area contributed by atoms with Gasteiger partial charge >= 0.3 is 6.18 Å². The van der Waals surface area contributed by atoms with Gasteiger partial charge < -0.3 is 14.5 Å². The smallest absolute Gasteiger partial charge is 0.419 e. The monoisotopic (exact) mass is 424 g/mol. The van der Waals surface area contributed by atoms with Crippen molar-refractivity contribution < 1.29 is 31.9 Å². The lowest BCUT2D eigenvalue weighted by atomic mass is 10.1. The first-order valence-electron chi connectivity index (χ1n) is 9.29. The van der Waals surface area contributed by atoms with Crippen molar-refractivity contribution in [2.45, 2.75) is 13.1 Å². The third-order valence-corrected chi connectivity index (χ3v) is 4.88. The van der Waals surface area contributed by atoms with Crippen LogP contribution in [0.1, 0.15) is 21.5 Å². The Kier molecular flexibility index (Phi) is 6.28. The Hall–Kier alpha value is -3.10. The van der Waals surface area contributed by atoms with Gasteiger partial charge in [0.25, 0.3) is 11.8 Å². The minimum Gasteiger partial charge on any atom is -0.483 e. The van der Waals surface area contributed by atoms with Crippen molar-refractivity contribution in [3.63, 3.8) is 0 Å². The number of piperazine rings is 1. The zero-order valence-electron chi connectivity index (χ0n) is 16.2. The van der Waals surface area contributed by atoms with E-state index < -0.39 is 35.8 Å². The normalized spacial score (nSPS) is 14.6. The minimum absolute atomic E-state index is 0.212. The van der Waals surface area contributed by atoms with E-state index in [0.717, 1.165) is 12.1 Å². The maximum absolute atomic E-state index is 13.7. The summed E-state index contributed by atoms with van der Waals surface area (Å²) < 4.78 is 57.8. The number of para-hydroxylation sites is 1. The lowest BCUT2D eigenvalue weighted by molar-refractivity contribution is -0.141. The Morgan fingerprint density at radius 3 is 2.27 bits per heavy atom. The summed E-state index contributed by atoms with van der Waals surface area (Å²) in [6, 6.07) is 8.94. The lowest BCUT2D eigenvalue weighted by Gasteiger charge is -2.34. The molecule has 1 aliphatic heterocycles. The molecule has 1 aliphatic rings. The van der Waals surface area contributed by atoms with E-state index in [1.54, 1.807) is 13.0 Å². The van der Waals surface area contributed by atoms with Gasteiger partial charge in [-0.05, 0) is 36.8 Å². The summed E-state index contributed by atoms with van der Waals surface area (Å²) in [7, 11) is 0. The highest BCUT2D eigenvalue weighted by atomic mass is 19.4. The molecule has 0 aromatic heterocycles. The van der Waals surface area contributed by atoms with Gasteiger partial charge in [-0.2, -0.15) is 13.2 Å². The molecule has 0 N–H and O–H groups in total. The average Bonchev–Trinajstić information content (AvgIpc) is 2.73. The highest BCUT2D eigenvalue weighted by Gasteiger charge is 2.34. The molecular weight excluding hydrogens is 404 g/mol. The van der Waals surface area contributed by atoms with Gasteiger partial charge in [0.2, 0.25) is 0 Å². The van der Waals surface area contributed by atoms with Gasteiger partial charge in [0, 0.05) is 31.7 Å². The summed E-state index contributed by atoms with van der Waals surface area (Å²) in [4.78, 5) is 27.8. The molecule has 30 heavy (non-hydrogen) atoms. The average molecular weight is 424 g/mol. The molecule has 1 heterocycles. The maximum atomic E-state index is 13.7.